The highest BCUT2D eigenvalue weighted by Gasteiger charge is 2.54. The number of hydrogen-bond acceptors (Lipinski definition) is 2. The Kier molecular flexibility index (Phi) is 3.21. The standard InChI is InChI=1S/C15H18FNO2S/c1-2-7-15(8-9-15)20(18,19)17-14-6-3-11-10-12(16)4-5-13(11)14/h2,4-5,10,14,17H,1,3,6-9H2. The number of allylic oxidation sites excluding steroid dienone is 1. The van der Waals surface area contributed by atoms with E-state index in [0.717, 1.165) is 17.5 Å². The molecular formula is C15H18FNO2S. The lowest BCUT2D eigenvalue weighted by Gasteiger charge is -2.20. The number of rotatable bonds is 5. The van der Waals surface area contributed by atoms with Crippen molar-refractivity contribution in [1.82, 2.24) is 4.72 Å². The van der Waals surface area contributed by atoms with Gasteiger partial charge in [0.2, 0.25) is 10.0 Å². The summed E-state index contributed by atoms with van der Waals surface area (Å²) in [6.07, 6.45) is 4.96. The second kappa shape index (κ2) is 4.67. The highest BCUT2D eigenvalue weighted by atomic mass is 32.2. The smallest absolute Gasteiger partial charge is 0.212 e. The summed E-state index contributed by atoms with van der Waals surface area (Å²) in [5.74, 6) is -0.266. The molecule has 0 amide bonds. The Morgan fingerprint density at radius 3 is 2.85 bits per heavy atom. The number of fused-ring (bicyclic) bond motifs is 1. The molecule has 0 saturated heterocycles. The second-order valence-electron chi connectivity index (χ2n) is 5.73. The summed E-state index contributed by atoms with van der Waals surface area (Å²) in [7, 11) is -3.36. The van der Waals surface area contributed by atoms with Crippen molar-refractivity contribution in [2.75, 3.05) is 0 Å². The maximum absolute atomic E-state index is 13.2. The third kappa shape index (κ3) is 2.19. The van der Waals surface area contributed by atoms with Gasteiger partial charge in [-0.3, -0.25) is 0 Å². The molecule has 0 aromatic heterocycles. The fourth-order valence-electron chi connectivity index (χ4n) is 3.01. The van der Waals surface area contributed by atoms with Crippen molar-refractivity contribution < 1.29 is 12.8 Å². The molecule has 20 heavy (non-hydrogen) atoms. The van der Waals surface area contributed by atoms with E-state index < -0.39 is 14.8 Å². The van der Waals surface area contributed by atoms with Gasteiger partial charge in [0.05, 0.1) is 4.75 Å². The molecule has 0 bridgehead atoms. The number of aryl methyl sites for hydroxylation is 1. The monoisotopic (exact) mass is 295 g/mol. The minimum atomic E-state index is -3.36. The van der Waals surface area contributed by atoms with E-state index in [1.807, 2.05) is 0 Å². The Morgan fingerprint density at radius 2 is 2.20 bits per heavy atom. The maximum Gasteiger partial charge on any atom is 0.218 e. The molecule has 2 aliphatic carbocycles. The number of sulfonamides is 1. The molecule has 2 aliphatic rings. The van der Waals surface area contributed by atoms with Crippen LogP contribution in [0.5, 0.6) is 0 Å². The minimum absolute atomic E-state index is 0.224. The molecule has 1 unspecified atom stereocenters. The Labute approximate surface area is 118 Å². The Hall–Kier alpha value is -1.20. The fraction of sp³-hybridized carbons (Fsp3) is 0.467. The van der Waals surface area contributed by atoms with Crippen molar-refractivity contribution in [2.24, 2.45) is 0 Å². The van der Waals surface area contributed by atoms with E-state index in [1.165, 1.54) is 12.1 Å². The minimum Gasteiger partial charge on any atom is -0.212 e. The Morgan fingerprint density at radius 1 is 1.45 bits per heavy atom. The third-order valence-electron chi connectivity index (χ3n) is 4.37. The maximum atomic E-state index is 13.2. The van der Waals surface area contributed by atoms with Gasteiger partial charge in [0.25, 0.3) is 0 Å². The predicted molar refractivity (Wildman–Crippen MR) is 76.3 cm³/mol. The van der Waals surface area contributed by atoms with Crippen LogP contribution in [0.2, 0.25) is 0 Å². The van der Waals surface area contributed by atoms with Crippen LogP contribution < -0.4 is 4.72 Å². The van der Waals surface area contributed by atoms with E-state index in [-0.39, 0.29) is 11.9 Å². The van der Waals surface area contributed by atoms with Gasteiger partial charge in [-0.2, -0.15) is 0 Å². The highest BCUT2D eigenvalue weighted by Crippen LogP contribution is 2.47. The van der Waals surface area contributed by atoms with Crippen LogP contribution in [0.4, 0.5) is 4.39 Å². The molecule has 108 valence electrons. The summed E-state index contributed by atoms with van der Waals surface area (Å²) >= 11 is 0. The fourth-order valence-corrected chi connectivity index (χ4v) is 4.85. The highest BCUT2D eigenvalue weighted by molar-refractivity contribution is 7.91. The van der Waals surface area contributed by atoms with Gasteiger partial charge < -0.3 is 0 Å². The predicted octanol–water partition coefficient (Wildman–Crippen LogP) is 2.84. The first-order valence-electron chi connectivity index (χ1n) is 6.88. The van der Waals surface area contributed by atoms with Crippen LogP contribution in [0.1, 0.15) is 42.9 Å². The van der Waals surface area contributed by atoms with Crippen LogP contribution in [0.3, 0.4) is 0 Å². The van der Waals surface area contributed by atoms with Gasteiger partial charge in [-0.25, -0.2) is 17.5 Å². The lowest BCUT2D eigenvalue weighted by atomic mass is 10.1. The SMILES string of the molecule is C=CCC1(S(=O)(=O)NC2CCc3cc(F)ccc32)CC1. The van der Waals surface area contributed by atoms with Crippen LogP contribution in [-0.2, 0) is 16.4 Å². The summed E-state index contributed by atoms with van der Waals surface area (Å²) in [4.78, 5) is 0. The average molecular weight is 295 g/mol. The van der Waals surface area contributed by atoms with Crippen molar-refractivity contribution >= 4 is 10.0 Å². The van der Waals surface area contributed by atoms with Crippen LogP contribution >= 0.6 is 0 Å². The van der Waals surface area contributed by atoms with E-state index in [9.17, 15) is 12.8 Å². The van der Waals surface area contributed by atoms with Gasteiger partial charge in [0.1, 0.15) is 5.82 Å². The first kappa shape index (κ1) is 13.8. The van der Waals surface area contributed by atoms with E-state index in [1.54, 1.807) is 12.1 Å². The van der Waals surface area contributed by atoms with Crippen molar-refractivity contribution in [1.29, 1.82) is 0 Å². The zero-order valence-electron chi connectivity index (χ0n) is 11.2. The Balaban J connectivity index is 1.82. The summed E-state index contributed by atoms with van der Waals surface area (Å²) in [5, 5.41) is 0. The molecule has 0 heterocycles. The molecule has 1 aromatic rings. The van der Waals surface area contributed by atoms with E-state index in [2.05, 4.69) is 11.3 Å². The average Bonchev–Trinajstić information content (AvgIpc) is 3.08. The molecule has 5 heteroatoms. The van der Waals surface area contributed by atoms with Gasteiger partial charge >= 0.3 is 0 Å². The summed E-state index contributed by atoms with van der Waals surface area (Å²) in [6.45, 7) is 3.64. The zero-order chi connectivity index (χ0) is 14.4. The molecule has 0 spiro atoms. The zero-order valence-corrected chi connectivity index (χ0v) is 12.0. The lowest BCUT2D eigenvalue weighted by molar-refractivity contribution is 0.536. The first-order chi connectivity index (χ1) is 9.47. The largest absolute Gasteiger partial charge is 0.218 e. The molecular weight excluding hydrogens is 277 g/mol. The third-order valence-corrected chi connectivity index (χ3v) is 6.68. The van der Waals surface area contributed by atoms with Crippen molar-refractivity contribution in [3.8, 4) is 0 Å². The van der Waals surface area contributed by atoms with Gasteiger partial charge in [0, 0.05) is 6.04 Å². The van der Waals surface area contributed by atoms with Crippen molar-refractivity contribution in [3.63, 3.8) is 0 Å². The molecule has 1 atom stereocenters. The number of hydrogen-bond donors (Lipinski definition) is 1. The summed E-state index contributed by atoms with van der Waals surface area (Å²) < 4.78 is 40.4. The molecule has 1 fully saturated rings. The second-order valence-corrected chi connectivity index (χ2v) is 7.84. The number of halogens is 1. The molecule has 3 rings (SSSR count). The molecule has 1 saturated carbocycles. The molecule has 3 nitrogen and oxygen atoms in total. The molecule has 1 N–H and O–H groups in total. The number of benzene rings is 1. The van der Waals surface area contributed by atoms with Crippen molar-refractivity contribution in [2.45, 2.75) is 42.9 Å². The summed E-state index contributed by atoms with van der Waals surface area (Å²) in [5.41, 5.74) is 1.82. The van der Waals surface area contributed by atoms with E-state index >= 15 is 0 Å². The van der Waals surface area contributed by atoms with E-state index in [0.29, 0.717) is 25.7 Å². The molecule has 1 aromatic carbocycles. The van der Waals surface area contributed by atoms with Crippen LogP contribution in [0, 0.1) is 5.82 Å². The van der Waals surface area contributed by atoms with Gasteiger partial charge in [-0.15, -0.1) is 6.58 Å². The van der Waals surface area contributed by atoms with Crippen LogP contribution in [0.25, 0.3) is 0 Å². The summed E-state index contributed by atoms with van der Waals surface area (Å²) in [6, 6.07) is 4.36. The van der Waals surface area contributed by atoms with Gasteiger partial charge in [-0.1, -0.05) is 12.1 Å². The molecule has 0 aliphatic heterocycles. The molecule has 0 radical (unpaired) electrons. The van der Waals surface area contributed by atoms with E-state index in [4.69, 9.17) is 0 Å². The quantitative estimate of drug-likeness (QED) is 0.849. The van der Waals surface area contributed by atoms with Crippen molar-refractivity contribution in [3.05, 3.63) is 47.8 Å². The Bertz CT molecular complexity index is 650. The van der Waals surface area contributed by atoms with Gasteiger partial charge in [0.15, 0.2) is 0 Å². The van der Waals surface area contributed by atoms with Crippen LogP contribution in [-0.4, -0.2) is 13.2 Å². The van der Waals surface area contributed by atoms with Gasteiger partial charge in [-0.05, 0) is 55.4 Å². The normalized spacial score (nSPS) is 23.4. The first-order valence-corrected chi connectivity index (χ1v) is 8.37. The topological polar surface area (TPSA) is 46.2 Å². The lowest BCUT2D eigenvalue weighted by Crippen LogP contribution is -2.37. The number of nitrogens with one attached hydrogen (secondary N) is 1. The van der Waals surface area contributed by atoms with Crippen LogP contribution in [0.15, 0.2) is 30.9 Å².